The molecular weight excluding hydrogens is 372 g/mol. The van der Waals surface area contributed by atoms with Crippen LogP contribution in [-0.2, 0) is 11.2 Å². The maximum absolute atomic E-state index is 12.6. The van der Waals surface area contributed by atoms with Gasteiger partial charge in [0.25, 0.3) is 0 Å². The van der Waals surface area contributed by atoms with Gasteiger partial charge in [0.15, 0.2) is 17.3 Å². The number of methoxy groups -OCH3 is 2. The Kier molecular flexibility index (Phi) is 7.09. The van der Waals surface area contributed by atoms with E-state index in [1.807, 2.05) is 32.0 Å². The monoisotopic (exact) mass is 402 g/mol. The number of nitrogens with one attached hydrogen (secondary N) is 1. The first-order chi connectivity index (χ1) is 14.0. The number of ether oxygens (including phenoxy) is 2. The summed E-state index contributed by atoms with van der Waals surface area (Å²) < 4.78 is 15.9. The van der Waals surface area contributed by atoms with Gasteiger partial charge >= 0.3 is 0 Å². The number of carbonyl (C=O) groups is 1. The van der Waals surface area contributed by atoms with Crippen LogP contribution in [0.15, 0.2) is 22.7 Å². The summed E-state index contributed by atoms with van der Waals surface area (Å²) in [7, 11) is 3.24. The van der Waals surface area contributed by atoms with Crippen molar-refractivity contribution in [2.45, 2.75) is 45.1 Å². The lowest BCUT2D eigenvalue weighted by Crippen LogP contribution is -2.48. The highest BCUT2D eigenvalue weighted by Crippen LogP contribution is 2.28. The Morgan fingerprint density at radius 2 is 2.00 bits per heavy atom. The van der Waals surface area contributed by atoms with Crippen LogP contribution in [0.1, 0.15) is 43.0 Å². The smallest absolute Gasteiger partial charge is 0.237 e. The quantitative estimate of drug-likeness (QED) is 0.725. The highest BCUT2D eigenvalue weighted by molar-refractivity contribution is 5.81. The molecule has 2 aromatic rings. The van der Waals surface area contributed by atoms with Crippen LogP contribution in [0.3, 0.4) is 0 Å². The van der Waals surface area contributed by atoms with E-state index in [-0.39, 0.29) is 17.9 Å². The van der Waals surface area contributed by atoms with Gasteiger partial charge in [-0.2, -0.15) is 4.98 Å². The highest BCUT2D eigenvalue weighted by atomic mass is 16.5. The van der Waals surface area contributed by atoms with Crippen LogP contribution < -0.4 is 14.8 Å². The molecule has 0 radical (unpaired) electrons. The van der Waals surface area contributed by atoms with E-state index in [1.165, 1.54) is 0 Å². The van der Waals surface area contributed by atoms with E-state index in [0.29, 0.717) is 29.8 Å². The molecule has 0 spiro atoms. The van der Waals surface area contributed by atoms with E-state index in [9.17, 15) is 4.79 Å². The van der Waals surface area contributed by atoms with Gasteiger partial charge in [-0.25, -0.2) is 0 Å². The average molecular weight is 402 g/mol. The van der Waals surface area contributed by atoms with Crippen molar-refractivity contribution in [1.82, 2.24) is 20.4 Å². The zero-order chi connectivity index (χ0) is 20.8. The number of carbonyl (C=O) groups excluding carboxylic acids is 1. The molecule has 158 valence electrons. The van der Waals surface area contributed by atoms with Crippen molar-refractivity contribution in [3.05, 3.63) is 35.5 Å². The van der Waals surface area contributed by atoms with Gasteiger partial charge in [-0.05, 0) is 63.9 Å². The molecule has 1 aliphatic rings. The second-order valence-electron chi connectivity index (χ2n) is 7.40. The van der Waals surface area contributed by atoms with E-state index in [2.05, 4.69) is 20.4 Å². The number of likely N-dealkylation sites (tertiary alicyclic amines) is 1. The predicted octanol–water partition coefficient (Wildman–Crippen LogP) is 2.32. The maximum atomic E-state index is 12.6. The molecule has 1 N–H and O–H groups in total. The fourth-order valence-electron chi connectivity index (χ4n) is 3.69. The third-order valence-electron chi connectivity index (χ3n) is 5.51. The van der Waals surface area contributed by atoms with Crippen molar-refractivity contribution in [2.24, 2.45) is 0 Å². The molecule has 8 heteroatoms. The highest BCUT2D eigenvalue weighted by Gasteiger charge is 2.29. The van der Waals surface area contributed by atoms with Gasteiger partial charge in [0, 0.05) is 12.5 Å². The minimum absolute atomic E-state index is 0.0533. The number of nitrogens with zero attached hydrogens (tertiary/aromatic N) is 3. The summed E-state index contributed by atoms with van der Waals surface area (Å²) in [6.45, 7) is 6.06. The van der Waals surface area contributed by atoms with Crippen molar-refractivity contribution in [3.8, 4) is 11.5 Å². The second kappa shape index (κ2) is 9.73. The molecule has 3 rings (SSSR count). The fourth-order valence-corrected chi connectivity index (χ4v) is 3.69. The standard InChI is InChI=1S/C21H30N4O4/c1-14(25-11-8-17(9-12-25)21-23-15(2)24-29-21)20(26)22-10-7-16-5-6-18(27-3)19(13-16)28-4/h5-6,13-14,17H,7-12H2,1-4H3,(H,22,26). The first kappa shape index (κ1) is 21.1. The summed E-state index contributed by atoms with van der Waals surface area (Å²) in [6.07, 6.45) is 2.58. The molecule has 1 unspecified atom stereocenters. The Labute approximate surface area is 171 Å². The second-order valence-corrected chi connectivity index (χ2v) is 7.40. The molecule has 1 saturated heterocycles. The van der Waals surface area contributed by atoms with E-state index in [1.54, 1.807) is 14.2 Å². The third kappa shape index (κ3) is 5.26. The fraction of sp³-hybridized carbons (Fsp3) is 0.571. The minimum Gasteiger partial charge on any atom is -0.493 e. The third-order valence-corrected chi connectivity index (χ3v) is 5.51. The van der Waals surface area contributed by atoms with Crippen molar-refractivity contribution in [2.75, 3.05) is 33.9 Å². The molecule has 8 nitrogen and oxygen atoms in total. The molecule has 29 heavy (non-hydrogen) atoms. The molecule has 1 aliphatic heterocycles. The number of aryl methyl sites for hydroxylation is 1. The molecule has 0 bridgehead atoms. The number of piperidine rings is 1. The molecule has 1 aromatic heterocycles. The SMILES string of the molecule is COc1ccc(CCNC(=O)C(C)N2CCC(c3nc(C)no3)CC2)cc1OC. The van der Waals surface area contributed by atoms with Crippen LogP contribution in [0.5, 0.6) is 11.5 Å². The topological polar surface area (TPSA) is 89.7 Å². The normalized spacial score (nSPS) is 16.4. The number of hydrogen-bond donors (Lipinski definition) is 1. The Morgan fingerprint density at radius 1 is 1.28 bits per heavy atom. The summed E-state index contributed by atoms with van der Waals surface area (Å²) in [5.41, 5.74) is 1.09. The number of amides is 1. The molecule has 1 fully saturated rings. The molecule has 2 heterocycles. The summed E-state index contributed by atoms with van der Waals surface area (Å²) in [4.78, 5) is 19.1. The molecule has 1 atom stereocenters. The van der Waals surface area contributed by atoms with Gasteiger partial charge in [0.1, 0.15) is 0 Å². The van der Waals surface area contributed by atoms with Crippen LogP contribution in [0.2, 0.25) is 0 Å². The minimum atomic E-state index is -0.161. The van der Waals surface area contributed by atoms with Gasteiger partial charge in [0.05, 0.1) is 20.3 Å². The number of rotatable bonds is 8. The van der Waals surface area contributed by atoms with Gasteiger partial charge in [0.2, 0.25) is 11.8 Å². The lowest BCUT2D eigenvalue weighted by molar-refractivity contribution is -0.126. The average Bonchev–Trinajstić information content (AvgIpc) is 3.19. The van der Waals surface area contributed by atoms with Crippen molar-refractivity contribution >= 4 is 5.91 Å². The zero-order valence-corrected chi connectivity index (χ0v) is 17.6. The van der Waals surface area contributed by atoms with Crippen molar-refractivity contribution in [1.29, 1.82) is 0 Å². The first-order valence-corrected chi connectivity index (χ1v) is 10.0. The summed E-state index contributed by atoms with van der Waals surface area (Å²) >= 11 is 0. The van der Waals surface area contributed by atoms with Gasteiger partial charge in [-0.15, -0.1) is 0 Å². The van der Waals surface area contributed by atoms with E-state index in [0.717, 1.165) is 37.9 Å². The van der Waals surface area contributed by atoms with Gasteiger partial charge < -0.3 is 19.3 Å². The van der Waals surface area contributed by atoms with E-state index in [4.69, 9.17) is 14.0 Å². The number of aromatic nitrogens is 2. The molecule has 0 aliphatic carbocycles. The molecule has 1 aromatic carbocycles. The van der Waals surface area contributed by atoms with Crippen LogP contribution in [-0.4, -0.2) is 60.8 Å². The van der Waals surface area contributed by atoms with Crippen LogP contribution in [0.4, 0.5) is 0 Å². The van der Waals surface area contributed by atoms with Gasteiger partial charge in [-0.3, -0.25) is 9.69 Å². The molecular formula is C21H30N4O4. The number of benzene rings is 1. The first-order valence-electron chi connectivity index (χ1n) is 10.0. The lowest BCUT2D eigenvalue weighted by atomic mass is 9.95. The molecule has 1 amide bonds. The Hall–Kier alpha value is -2.61. The van der Waals surface area contributed by atoms with Crippen molar-refractivity contribution in [3.63, 3.8) is 0 Å². The van der Waals surface area contributed by atoms with Crippen molar-refractivity contribution < 1.29 is 18.8 Å². The summed E-state index contributed by atoms with van der Waals surface area (Å²) in [5.74, 6) is 3.13. The summed E-state index contributed by atoms with van der Waals surface area (Å²) in [6, 6.07) is 5.65. The van der Waals surface area contributed by atoms with Gasteiger partial charge in [-0.1, -0.05) is 11.2 Å². The van der Waals surface area contributed by atoms with Crippen LogP contribution >= 0.6 is 0 Å². The largest absolute Gasteiger partial charge is 0.493 e. The molecule has 0 saturated carbocycles. The van der Waals surface area contributed by atoms with E-state index < -0.39 is 0 Å². The predicted molar refractivity (Wildman–Crippen MR) is 108 cm³/mol. The van der Waals surface area contributed by atoms with Crippen LogP contribution in [0, 0.1) is 6.92 Å². The number of hydrogen-bond acceptors (Lipinski definition) is 7. The summed E-state index contributed by atoms with van der Waals surface area (Å²) in [5, 5.41) is 6.92. The van der Waals surface area contributed by atoms with E-state index >= 15 is 0 Å². The Balaban J connectivity index is 1.44. The maximum Gasteiger partial charge on any atom is 0.237 e. The Morgan fingerprint density at radius 3 is 2.62 bits per heavy atom. The Bertz CT molecular complexity index is 815. The lowest BCUT2D eigenvalue weighted by Gasteiger charge is -2.34. The zero-order valence-electron chi connectivity index (χ0n) is 17.6. The van der Waals surface area contributed by atoms with Crippen LogP contribution in [0.25, 0.3) is 0 Å².